The number of carbonyl (C=O) groups is 1. The van der Waals surface area contributed by atoms with Crippen molar-refractivity contribution in [1.82, 2.24) is 4.90 Å². The highest BCUT2D eigenvalue weighted by atomic mass is 16.6. The molecule has 0 bridgehead atoms. The maximum atomic E-state index is 12.3. The topological polar surface area (TPSA) is 85.6 Å². The second-order valence-corrected chi connectivity index (χ2v) is 6.41. The van der Waals surface area contributed by atoms with Gasteiger partial charge in [0.25, 0.3) is 0 Å². The van der Waals surface area contributed by atoms with Crippen molar-refractivity contribution in [3.05, 3.63) is 29.3 Å². The van der Waals surface area contributed by atoms with Crippen LogP contribution in [-0.2, 0) is 9.53 Å². The summed E-state index contributed by atoms with van der Waals surface area (Å²) in [6, 6.07) is 6.85. The van der Waals surface area contributed by atoms with Gasteiger partial charge < -0.3 is 19.5 Å². The molecule has 1 aromatic carbocycles. The first-order valence-corrected chi connectivity index (χ1v) is 7.70. The van der Waals surface area contributed by atoms with Gasteiger partial charge in [-0.1, -0.05) is 0 Å². The van der Waals surface area contributed by atoms with E-state index in [1.54, 1.807) is 23.1 Å². The van der Waals surface area contributed by atoms with Gasteiger partial charge in [0.05, 0.1) is 17.7 Å². The first kappa shape index (κ1) is 15.8. The molecular weight excluding hydrogens is 296 g/mol. The van der Waals surface area contributed by atoms with E-state index in [9.17, 15) is 9.90 Å². The Morgan fingerprint density at radius 3 is 2.91 bits per heavy atom. The summed E-state index contributed by atoms with van der Waals surface area (Å²) < 4.78 is 11.4. The number of fused-ring (bicyclic) bond motifs is 1. The van der Waals surface area contributed by atoms with Crippen LogP contribution in [-0.4, -0.2) is 35.8 Å². The van der Waals surface area contributed by atoms with Crippen LogP contribution < -0.4 is 9.84 Å². The Balaban J connectivity index is 2.13. The van der Waals surface area contributed by atoms with Gasteiger partial charge in [0.15, 0.2) is 0 Å². The highest BCUT2D eigenvalue weighted by Gasteiger charge is 2.48. The molecule has 0 unspecified atom stereocenters. The Morgan fingerprint density at radius 2 is 2.30 bits per heavy atom. The lowest BCUT2D eigenvalue weighted by atomic mass is 9.85. The summed E-state index contributed by atoms with van der Waals surface area (Å²) in [5.74, 6) is 0.671. The average molecular weight is 315 g/mol. The van der Waals surface area contributed by atoms with Gasteiger partial charge in [-0.05, 0) is 45.3 Å². The molecule has 0 aromatic heterocycles. The fourth-order valence-corrected chi connectivity index (χ4v) is 3.49. The number of amides is 1. The van der Waals surface area contributed by atoms with E-state index in [1.807, 2.05) is 13.8 Å². The minimum atomic E-state index is -0.751. The summed E-state index contributed by atoms with van der Waals surface area (Å²) in [7, 11) is 0. The summed E-state index contributed by atoms with van der Waals surface area (Å²) in [5.41, 5.74) is 0.473. The largest absolute Gasteiger partial charge is 0.834 e. The van der Waals surface area contributed by atoms with Crippen molar-refractivity contribution in [2.75, 3.05) is 13.3 Å². The minimum Gasteiger partial charge on any atom is -0.834 e. The zero-order valence-electron chi connectivity index (χ0n) is 13.2. The van der Waals surface area contributed by atoms with Crippen LogP contribution in [0.3, 0.4) is 0 Å². The van der Waals surface area contributed by atoms with Crippen molar-refractivity contribution < 1.29 is 19.4 Å². The van der Waals surface area contributed by atoms with Crippen LogP contribution in [0, 0.1) is 11.3 Å². The monoisotopic (exact) mass is 315 g/mol. The average Bonchev–Trinajstić information content (AvgIpc) is 2.93. The molecule has 2 aliphatic heterocycles. The molecule has 1 aromatic rings. The van der Waals surface area contributed by atoms with Gasteiger partial charge in [-0.15, -0.1) is 0 Å². The SMILES string of the molecule is CC1(C)Oc2ccc(C#N)cc2[C@@H](N2CCCC2=O)[C@@H]1OC[O-]. The van der Waals surface area contributed by atoms with Crippen LogP contribution in [0.15, 0.2) is 18.2 Å². The number of carbonyl (C=O) groups excluding carboxylic acids is 1. The van der Waals surface area contributed by atoms with Gasteiger partial charge >= 0.3 is 0 Å². The number of nitrogens with zero attached hydrogens (tertiary/aromatic N) is 2. The molecule has 3 rings (SSSR count). The van der Waals surface area contributed by atoms with Gasteiger partial charge in [0.2, 0.25) is 5.91 Å². The maximum Gasteiger partial charge on any atom is 0.223 e. The van der Waals surface area contributed by atoms with Crippen molar-refractivity contribution in [3.8, 4) is 11.8 Å². The van der Waals surface area contributed by atoms with E-state index in [0.717, 1.165) is 12.0 Å². The molecule has 0 saturated carbocycles. The Bertz CT molecular complexity index is 665. The molecule has 6 nitrogen and oxygen atoms in total. The third kappa shape index (κ3) is 2.67. The molecule has 0 radical (unpaired) electrons. The number of nitriles is 1. The Kier molecular flexibility index (Phi) is 4.00. The number of rotatable bonds is 3. The fourth-order valence-electron chi connectivity index (χ4n) is 3.49. The molecule has 1 amide bonds. The minimum absolute atomic E-state index is 0.0421. The molecule has 6 heteroatoms. The van der Waals surface area contributed by atoms with Gasteiger partial charge in [-0.2, -0.15) is 5.26 Å². The number of hydrogen-bond donors (Lipinski definition) is 0. The van der Waals surface area contributed by atoms with Crippen molar-refractivity contribution in [1.29, 1.82) is 5.26 Å². The highest BCUT2D eigenvalue weighted by Crippen LogP contribution is 2.45. The van der Waals surface area contributed by atoms with Crippen LogP contribution in [0.5, 0.6) is 5.75 Å². The first-order valence-electron chi connectivity index (χ1n) is 7.70. The lowest BCUT2D eigenvalue weighted by molar-refractivity contribution is -0.444. The second-order valence-electron chi connectivity index (χ2n) is 6.41. The zero-order valence-corrected chi connectivity index (χ0v) is 13.2. The first-order chi connectivity index (χ1) is 11.0. The Labute approximate surface area is 135 Å². The number of ether oxygens (including phenoxy) is 2. The van der Waals surface area contributed by atoms with Crippen LogP contribution in [0.1, 0.15) is 43.9 Å². The summed E-state index contributed by atoms with van der Waals surface area (Å²) in [6.45, 7) is 3.61. The molecular formula is C17H19N2O4-. The number of likely N-dealkylation sites (tertiary alicyclic amines) is 1. The Morgan fingerprint density at radius 1 is 1.52 bits per heavy atom. The molecule has 1 saturated heterocycles. The second kappa shape index (κ2) is 5.84. The van der Waals surface area contributed by atoms with Crippen molar-refractivity contribution in [2.24, 2.45) is 0 Å². The zero-order chi connectivity index (χ0) is 16.6. The van der Waals surface area contributed by atoms with Crippen LogP contribution in [0.25, 0.3) is 0 Å². The van der Waals surface area contributed by atoms with Gasteiger partial charge in [0.1, 0.15) is 17.5 Å². The molecule has 1 fully saturated rings. The molecule has 0 N–H and O–H groups in total. The standard InChI is InChI=1S/C17H19N2O4/c1-17(2)16(22-10-20)15(19-7-3-4-14(19)21)12-8-11(9-18)5-6-13(12)23-17/h5-6,8,15-16H,3-4,7,10H2,1-2H3/q-1/t15-,16+/m1/s1. The summed E-state index contributed by atoms with van der Waals surface area (Å²) in [6.07, 6.45) is 0.701. The van der Waals surface area contributed by atoms with Gasteiger partial charge in [0, 0.05) is 18.5 Å². The smallest absolute Gasteiger partial charge is 0.223 e. The predicted octanol–water partition coefficient (Wildman–Crippen LogP) is 1.10. The lowest BCUT2D eigenvalue weighted by Gasteiger charge is -2.48. The van der Waals surface area contributed by atoms with E-state index in [1.165, 1.54) is 0 Å². The van der Waals surface area contributed by atoms with E-state index in [2.05, 4.69) is 6.07 Å². The van der Waals surface area contributed by atoms with Gasteiger partial charge in [-0.3, -0.25) is 4.79 Å². The summed E-state index contributed by atoms with van der Waals surface area (Å²) in [5, 5.41) is 20.3. The molecule has 2 aliphatic rings. The van der Waals surface area contributed by atoms with E-state index >= 15 is 0 Å². The van der Waals surface area contributed by atoms with Crippen molar-refractivity contribution in [3.63, 3.8) is 0 Å². The van der Waals surface area contributed by atoms with Crippen molar-refractivity contribution in [2.45, 2.75) is 44.4 Å². The summed E-state index contributed by atoms with van der Waals surface area (Å²) >= 11 is 0. The van der Waals surface area contributed by atoms with E-state index in [4.69, 9.17) is 14.7 Å². The predicted molar refractivity (Wildman–Crippen MR) is 79.3 cm³/mol. The van der Waals surface area contributed by atoms with E-state index in [0.29, 0.717) is 24.3 Å². The molecule has 0 spiro atoms. The van der Waals surface area contributed by atoms with Crippen LogP contribution >= 0.6 is 0 Å². The van der Waals surface area contributed by atoms with Crippen LogP contribution in [0.2, 0.25) is 0 Å². The molecule has 23 heavy (non-hydrogen) atoms. The summed E-state index contributed by atoms with van der Waals surface area (Å²) in [4.78, 5) is 14.0. The maximum absolute atomic E-state index is 12.3. The Hall–Kier alpha value is -2.10. The fraction of sp³-hybridized carbons (Fsp3) is 0.529. The molecule has 2 heterocycles. The van der Waals surface area contributed by atoms with Gasteiger partial charge in [-0.25, -0.2) is 0 Å². The molecule has 2 atom stereocenters. The van der Waals surface area contributed by atoms with Crippen LogP contribution in [0.4, 0.5) is 0 Å². The lowest BCUT2D eigenvalue weighted by Crippen LogP contribution is -2.55. The molecule has 0 aliphatic carbocycles. The number of benzene rings is 1. The highest BCUT2D eigenvalue weighted by molar-refractivity contribution is 5.79. The van der Waals surface area contributed by atoms with E-state index < -0.39 is 24.5 Å². The van der Waals surface area contributed by atoms with Crippen molar-refractivity contribution >= 4 is 5.91 Å². The third-order valence-corrected chi connectivity index (χ3v) is 4.50. The van der Waals surface area contributed by atoms with E-state index in [-0.39, 0.29) is 5.91 Å². The quantitative estimate of drug-likeness (QED) is 0.780. The normalized spacial score (nSPS) is 25.7. The molecule has 122 valence electrons. The number of hydrogen-bond acceptors (Lipinski definition) is 5. The third-order valence-electron chi connectivity index (χ3n) is 4.50.